The summed E-state index contributed by atoms with van der Waals surface area (Å²) in [5, 5.41) is 10.0. The summed E-state index contributed by atoms with van der Waals surface area (Å²) >= 11 is 0. The summed E-state index contributed by atoms with van der Waals surface area (Å²) in [4.78, 5) is 31.0. The highest BCUT2D eigenvalue weighted by molar-refractivity contribution is 5.95. The van der Waals surface area contributed by atoms with Gasteiger partial charge < -0.3 is 19.8 Å². The van der Waals surface area contributed by atoms with Crippen LogP contribution in [0.25, 0.3) is 0 Å². The van der Waals surface area contributed by atoms with Crippen molar-refractivity contribution >= 4 is 23.2 Å². The predicted octanol–water partition coefficient (Wildman–Crippen LogP) is 2.58. The molecule has 1 aliphatic carbocycles. The molecule has 1 saturated carbocycles. The van der Waals surface area contributed by atoms with Crippen LogP contribution in [-0.2, 0) is 11.2 Å². The second-order valence-electron chi connectivity index (χ2n) is 8.71. The van der Waals surface area contributed by atoms with Crippen LogP contribution < -0.4 is 4.90 Å². The average molecular weight is 405 g/mol. The first-order valence-electron chi connectivity index (χ1n) is 10.7. The van der Waals surface area contributed by atoms with E-state index in [9.17, 15) is 14.7 Å². The number of nitrogens with zero attached hydrogens (tertiary/aromatic N) is 3. The van der Waals surface area contributed by atoms with Gasteiger partial charge >= 0.3 is 0 Å². The van der Waals surface area contributed by atoms with Crippen LogP contribution in [-0.4, -0.2) is 64.5 Å². The lowest BCUT2D eigenvalue weighted by Crippen LogP contribution is -2.53. The molecular weight excluding hydrogens is 378 g/mol. The SMILES string of the molecule is CC1Cc2ccccc2N1c1ccc(C(=O)N2CCN(C(=O)C3(O)CC3)CC2)cc1. The fraction of sp³-hybridized carbons (Fsp3) is 0.417. The van der Waals surface area contributed by atoms with E-state index >= 15 is 0 Å². The number of carbonyl (C=O) groups is 2. The van der Waals surface area contributed by atoms with Gasteiger partial charge in [0.2, 0.25) is 0 Å². The number of piperazine rings is 1. The summed E-state index contributed by atoms with van der Waals surface area (Å²) in [6.45, 7) is 4.18. The Hall–Kier alpha value is -2.86. The minimum Gasteiger partial charge on any atom is -0.380 e. The van der Waals surface area contributed by atoms with E-state index in [0.29, 0.717) is 50.6 Å². The normalized spacial score (nSPS) is 22.1. The van der Waals surface area contributed by atoms with Gasteiger partial charge in [-0.25, -0.2) is 0 Å². The number of anilines is 2. The summed E-state index contributed by atoms with van der Waals surface area (Å²) in [6.07, 6.45) is 2.13. The maximum Gasteiger partial charge on any atom is 0.254 e. The lowest BCUT2D eigenvalue weighted by Gasteiger charge is -2.35. The molecule has 1 atom stereocenters. The van der Waals surface area contributed by atoms with Crippen molar-refractivity contribution in [1.82, 2.24) is 9.80 Å². The fourth-order valence-corrected chi connectivity index (χ4v) is 4.65. The van der Waals surface area contributed by atoms with Crippen LogP contribution >= 0.6 is 0 Å². The van der Waals surface area contributed by atoms with Crippen molar-refractivity contribution in [2.45, 2.75) is 37.8 Å². The molecule has 30 heavy (non-hydrogen) atoms. The van der Waals surface area contributed by atoms with E-state index in [1.165, 1.54) is 11.3 Å². The Kier molecular flexibility index (Phi) is 4.54. The van der Waals surface area contributed by atoms with Crippen LogP contribution in [0, 0.1) is 0 Å². The van der Waals surface area contributed by atoms with E-state index in [2.05, 4.69) is 36.1 Å². The molecule has 0 aromatic heterocycles. The molecular formula is C24H27N3O3. The Morgan fingerprint density at radius 2 is 1.57 bits per heavy atom. The molecule has 1 N–H and O–H groups in total. The number of hydrogen-bond acceptors (Lipinski definition) is 4. The second kappa shape index (κ2) is 7.13. The Balaban J connectivity index is 1.25. The second-order valence-corrected chi connectivity index (χ2v) is 8.71. The van der Waals surface area contributed by atoms with Gasteiger partial charge in [-0.05, 0) is 62.1 Å². The van der Waals surface area contributed by atoms with Crippen LogP contribution in [0.1, 0.15) is 35.7 Å². The zero-order chi connectivity index (χ0) is 20.9. The van der Waals surface area contributed by atoms with Gasteiger partial charge in [-0.2, -0.15) is 0 Å². The molecule has 2 aromatic rings. The van der Waals surface area contributed by atoms with Crippen molar-refractivity contribution in [2.75, 3.05) is 31.1 Å². The molecule has 1 unspecified atom stereocenters. The zero-order valence-corrected chi connectivity index (χ0v) is 17.3. The standard InChI is InChI=1S/C24H27N3O3/c1-17-16-19-4-2-3-5-21(19)27(17)20-8-6-18(7-9-20)22(28)25-12-14-26(15-13-25)23(29)24(30)10-11-24/h2-9,17,30H,10-16H2,1H3. The molecule has 2 heterocycles. The number of hydrogen-bond donors (Lipinski definition) is 1. The topological polar surface area (TPSA) is 64.1 Å². The Bertz CT molecular complexity index is 975. The summed E-state index contributed by atoms with van der Waals surface area (Å²) in [5.74, 6) is -0.187. The van der Waals surface area contributed by atoms with E-state index < -0.39 is 5.60 Å². The highest BCUT2D eigenvalue weighted by atomic mass is 16.3. The zero-order valence-electron chi connectivity index (χ0n) is 17.3. The van der Waals surface area contributed by atoms with Gasteiger partial charge in [0.05, 0.1) is 0 Å². The first kappa shape index (κ1) is 19.1. The molecule has 2 aliphatic heterocycles. The van der Waals surface area contributed by atoms with Crippen LogP contribution in [0.15, 0.2) is 48.5 Å². The van der Waals surface area contributed by atoms with E-state index in [1.54, 1.807) is 9.80 Å². The van der Waals surface area contributed by atoms with Crippen LogP contribution in [0.2, 0.25) is 0 Å². The first-order valence-corrected chi connectivity index (χ1v) is 10.7. The third kappa shape index (κ3) is 3.25. The van der Waals surface area contributed by atoms with E-state index in [4.69, 9.17) is 0 Å². The minimum atomic E-state index is -1.13. The molecule has 1 saturated heterocycles. The Labute approximate surface area is 176 Å². The third-order valence-corrected chi connectivity index (χ3v) is 6.58. The van der Waals surface area contributed by atoms with E-state index in [0.717, 1.165) is 12.1 Å². The number of fused-ring (bicyclic) bond motifs is 1. The highest BCUT2D eigenvalue weighted by Gasteiger charge is 2.50. The van der Waals surface area contributed by atoms with Crippen molar-refractivity contribution in [3.05, 3.63) is 59.7 Å². The van der Waals surface area contributed by atoms with Gasteiger partial charge in [-0.15, -0.1) is 0 Å². The summed E-state index contributed by atoms with van der Waals surface area (Å²) < 4.78 is 0. The fourth-order valence-electron chi connectivity index (χ4n) is 4.65. The van der Waals surface area contributed by atoms with Gasteiger partial charge in [0.15, 0.2) is 0 Å². The monoisotopic (exact) mass is 405 g/mol. The van der Waals surface area contributed by atoms with Gasteiger partial charge in [0.1, 0.15) is 5.60 Å². The average Bonchev–Trinajstić information content (AvgIpc) is 3.44. The van der Waals surface area contributed by atoms with Gasteiger partial charge in [0.25, 0.3) is 11.8 Å². The van der Waals surface area contributed by atoms with Gasteiger partial charge in [-0.1, -0.05) is 18.2 Å². The largest absolute Gasteiger partial charge is 0.380 e. The molecule has 0 radical (unpaired) electrons. The molecule has 156 valence electrons. The van der Waals surface area contributed by atoms with E-state index in [-0.39, 0.29) is 11.8 Å². The quantitative estimate of drug-likeness (QED) is 0.853. The molecule has 0 bridgehead atoms. The first-order chi connectivity index (χ1) is 14.5. The summed E-state index contributed by atoms with van der Waals surface area (Å²) in [7, 11) is 0. The Morgan fingerprint density at radius 1 is 0.933 bits per heavy atom. The van der Waals surface area contributed by atoms with Crippen molar-refractivity contribution in [3.8, 4) is 0 Å². The number of rotatable bonds is 3. The van der Waals surface area contributed by atoms with Crippen LogP contribution in [0.3, 0.4) is 0 Å². The molecule has 6 heteroatoms. The molecule has 5 rings (SSSR count). The van der Waals surface area contributed by atoms with Crippen molar-refractivity contribution < 1.29 is 14.7 Å². The van der Waals surface area contributed by atoms with Gasteiger partial charge in [-0.3, -0.25) is 9.59 Å². The van der Waals surface area contributed by atoms with Crippen molar-refractivity contribution in [1.29, 1.82) is 0 Å². The molecule has 2 fully saturated rings. The van der Waals surface area contributed by atoms with Crippen molar-refractivity contribution in [2.24, 2.45) is 0 Å². The Morgan fingerprint density at radius 3 is 2.23 bits per heavy atom. The number of benzene rings is 2. The van der Waals surface area contributed by atoms with Crippen molar-refractivity contribution in [3.63, 3.8) is 0 Å². The number of amides is 2. The maximum absolute atomic E-state index is 12.9. The summed E-state index contributed by atoms with van der Waals surface area (Å²) in [5.41, 5.74) is 3.22. The smallest absolute Gasteiger partial charge is 0.254 e. The number of para-hydroxylation sites is 1. The predicted molar refractivity (Wildman–Crippen MR) is 115 cm³/mol. The molecule has 6 nitrogen and oxygen atoms in total. The summed E-state index contributed by atoms with van der Waals surface area (Å²) in [6, 6.07) is 16.7. The maximum atomic E-state index is 12.9. The number of carbonyl (C=O) groups excluding carboxylic acids is 2. The number of aliphatic hydroxyl groups is 1. The lowest BCUT2D eigenvalue weighted by atomic mass is 10.1. The van der Waals surface area contributed by atoms with Gasteiger partial charge in [0, 0.05) is 49.2 Å². The minimum absolute atomic E-state index is 0.00588. The lowest BCUT2D eigenvalue weighted by molar-refractivity contribution is -0.143. The molecule has 3 aliphatic rings. The van der Waals surface area contributed by atoms with Crippen LogP contribution in [0.4, 0.5) is 11.4 Å². The van der Waals surface area contributed by atoms with E-state index in [1.807, 2.05) is 24.3 Å². The third-order valence-electron chi connectivity index (χ3n) is 6.58. The van der Waals surface area contributed by atoms with Crippen LogP contribution in [0.5, 0.6) is 0 Å². The molecule has 0 spiro atoms. The highest BCUT2D eigenvalue weighted by Crippen LogP contribution is 2.38. The molecule has 2 aromatic carbocycles. The molecule has 2 amide bonds.